The maximum Gasteiger partial charge on any atom is 0.308 e. The molecule has 168 valence electrons. The third-order valence-electron chi connectivity index (χ3n) is 4.41. The van der Waals surface area contributed by atoms with Crippen molar-refractivity contribution in [2.75, 3.05) is 11.9 Å². The second kappa shape index (κ2) is 9.58. The Hall–Kier alpha value is -3.77. The number of para-hydroxylation sites is 1. The molecule has 0 bridgehead atoms. The van der Waals surface area contributed by atoms with Crippen molar-refractivity contribution < 1.29 is 27.5 Å². The summed E-state index contributed by atoms with van der Waals surface area (Å²) in [6.45, 7) is 1.36. The van der Waals surface area contributed by atoms with Crippen molar-refractivity contribution in [1.82, 2.24) is 15.5 Å². The number of anilines is 1. The fourth-order valence-corrected chi connectivity index (χ4v) is 3.36. The molecule has 0 saturated heterocycles. The average Bonchev–Trinajstić information content (AvgIpc) is 3.17. The number of nitrogens with two attached hydrogens (primary N) is 1. The number of hydrogen-bond acceptors (Lipinski definition) is 7. The molecule has 0 spiro atoms. The van der Waals surface area contributed by atoms with Gasteiger partial charge in [-0.2, -0.15) is 5.10 Å². The maximum absolute atomic E-state index is 12.3. The van der Waals surface area contributed by atoms with Crippen molar-refractivity contribution in [3.8, 4) is 0 Å². The van der Waals surface area contributed by atoms with E-state index in [0.29, 0.717) is 10.9 Å². The molecule has 0 fully saturated rings. The van der Waals surface area contributed by atoms with Crippen molar-refractivity contribution in [2.45, 2.75) is 24.3 Å². The van der Waals surface area contributed by atoms with Crippen LogP contribution >= 0.6 is 0 Å². The average molecular weight is 459 g/mol. The van der Waals surface area contributed by atoms with Crippen LogP contribution in [0.2, 0.25) is 0 Å². The van der Waals surface area contributed by atoms with Gasteiger partial charge in [-0.3, -0.25) is 19.5 Å². The molecule has 0 saturated carbocycles. The number of sulfonamides is 1. The highest BCUT2D eigenvalue weighted by atomic mass is 32.2. The minimum atomic E-state index is -3.92. The number of aromatic nitrogens is 2. The Bertz CT molecular complexity index is 1270. The molecule has 0 aliphatic heterocycles. The van der Waals surface area contributed by atoms with Crippen molar-refractivity contribution in [1.29, 1.82) is 0 Å². The fourth-order valence-electron chi connectivity index (χ4n) is 2.80. The molecule has 1 heterocycles. The number of nitrogens with zero attached hydrogens (tertiary/aromatic N) is 1. The smallest absolute Gasteiger partial charge is 0.308 e. The molecule has 0 aliphatic rings. The van der Waals surface area contributed by atoms with Crippen molar-refractivity contribution in [3.05, 3.63) is 54.2 Å². The van der Waals surface area contributed by atoms with Crippen LogP contribution in [0.25, 0.3) is 10.9 Å². The van der Waals surface area contributed by atoms with Gasteiger partial charge in [0.15, 0.2) is 11.8 Å². The van der Waals surface area contributed by atoms with Crippen LogP contribution in [0, 0.1) is 0 Å². The largest absolute Gasteiger partial charge is 0.452 e. The minimum absolute atomic E-state index is 0.0103. The predicted molar refractivity (Wildman–Crippen MR) is 115 cm³/mol. The zero-order valence-electron chi connectivity index (χ0n) is 17.0. The summed E-state index contributed by atoms with van der Waals surface area (Å²) in [5, 5.41) is 17.5. The Balaban J connectivity index is 1.47. The number of carbonyl (C=O) groups is 3. The molecule has 5 N–H and O–H groups in total. The van der Waals surface area contributed by atoms with Crippen LogP contribution < -0.4 is 15.8 Å². The Morgan fingerprint density at radius 2 is 1.91 bits per heavy atom. The van der Waals surface area contributed by atoms with Gasteiger partial charge in [-0.05, 0) is 31.2 Å². The Morgan fingerprint density at radius 3 is 2.66 bits per heavy atom. The molecule has 12 heteroatoms. The minimum Gasteiger partial charge on any atom is -0.452 e. The van der Waals surface area contributed by atoms with Crippen molar-refractivity contribution >= 4 is 44.4 Å². The highest BCUT2D eigenvalue weighted by Crippen LogP contribution is 2.16. The Morgan fingerprint density at radius 1 is 1.16 bits per heavy atom. The first kappa shape index (κ1) is 22.9. The van der Waals surface area contributed by atoms with Gasteiger partial charge in [-0.15, -0.1) is 0 Å². The topological polar surface area (TPSA) is 173 Å². The standard InChI is InChI=1S/C20H21N5O6S/c1-12(19(27)23-13-5-4-6-14(11-13)32(21,29)30)31-17(26)9-10-22-20(28)18-15-7-2-3-8-16(15)24-25-18/h2-8,11-12H,9-10H2,1H3,(H,22,28)(H,23,27)(H,24,25)(H2,21,29,30). The molecule has 11 nitrogen and oxygen atoms in total. The molecular weight excluding hydrogens is 438 g/mol. The number of esters is 1. The SMILES string of the molecule is CC(OC(=O)CCNC(=O)c1n[nH]c2ccccc12)C(=O)Nc1cccc(S(N)(=O)=O)c1. The van der Waals surface area contributed by atoms with E-state index in [4.69, 9.17) is 9.88 Å². The first-order chi connectivity index (χ1) is 15.1. The quantitative estimate of drug-likeness (QED) is 0.362. The van der Waals surface area contributed by atoms with Gasteiger partial charge in [0.05, 0.1) is 16.8 Å². The van der Waals surface area contributed by atoms with E-state index in [-0.39, 0.29) is 29.2 Å². The van der Waals surface area contributed by atoms with Gasteiger partial charge in [0.25, 0.3) is 11.8 Å². The van der Waals surface area contributed by atoms with Crippen LogP contribution in [0.15, 0.2) is 53.4 Å². The van der Waals surface area contributed by atoms with Crippen LogP contribution in [0.5, 0.6) is 0 Å². The lowest BCUT2D eigenvalue weighted by atomic mass is 10.2. The van der Waals surface area contributed by atoms with Gasteiger partial charge in [-0.25, -0.2) is 13.6 Å². The highest BCUT2D eigenvalue weighted by molar-refractivity contribution is 7.89. The second-order valence-corrected chi connectivity index (χ2v) is 8.38. The molecule has 0 aliphatic carbocycles. The van der Waals surface area contributed by atoms with Gasteiger partial charge in [-0.1, -0.05) is 24.3 Å². The van der Waals surface area contributed by atoms with Crippen LogP contribution in [0.4, 0.5) is 5.69 Å². The molecule has 2 aromatic carbocycles. The lowest BCUT2D eigenvalue weighted by molar-refractivity contribution is -0.153. The van der Waals surface area contributed by atoms with E-state index in [1.54, 1.807) is 18.2 Å². The molecule has 1 aromatic heterocycles. The number of rotatable bonds is 8. The van der Waals surface area contributed by atoms with Gasteiger partial charge in [0.2, 0.25) is 10.0 Å². The number of primary sulfonamides is 1. The Labute approximate surface area is 183 Å². The molecule has 1 atom stereocenters. The zero-order valence-corrected chi connectivity index (χ0v) is 17.8. The third-order valence-corrected chi connectivity index (χ3v) is 5.32. The molecule has 0 radical (unpaired) electrons. The number of nitrogens with one attached hydrogen (secondary N) is 3. The number of aromatic amines is 1. The molecule has 2 amide bonds. The van der Waals surface area contributed by atoms with E-state index in [9.17, 15) is 22.8 Å². The monoisotopic (exact) mass is 459 g/mol. The van der Waals surface area contributed by atoms with E-state index in [2.05, 4.69) is 20.8 Å². The molecular formula is C20H21N5O6S. The van der Waals surface area contributed by atoms with Gasteiger partial charge in [0, 0.05) is 17.6 Å². The lowest BCUT2D eigenvalue weighted by Crippen LogP contribution is -2.32. The highest BCUT2D eigenvalue weighted by Gasteiger charge is 2.19. The molecule has 32 heavy (non-hydrogen) atoms. The normalized spacial score (nSPS) is 12.2. The zero-order chi connectivity index (χ0) is 23.3. The number of amides is 2. The number of benzene rings is 2. The summed E-state index contributed by atoms with van der Waals surface area (Å²) in [6.07, 6.45) is -1.31. The van der Waals surface area contributed by atoms with Crippen molar-refractivity contribution in [3.63, 3.8) is 0 Å². The Kier molecular flexibility index (Phi) is 6.85. The number of carbonyl (C=O) groups excluding carboxylic acids is 3. The summed E-state index contributed by atoms with van der Waals surface area (Å²) >= 11 is 0. The number of fused-ring (bicyclic) bond motifs is 1. The summed E-state index contributed by atoms with van der Waals surface area (Å²) in [7, 11) is -3.92. The van der Waals surface area contributed by atoms with Crippen LogP contribution in [0.1, 0.15) is 23.8 Å². The molecule has 3 rings (SSSR count). The lowest BCUT2D eigenvalue weighted by Gasteiger charge is -2.14. The third kappa shape index (κ3) is 5.68. The fraction of sp³-hybridized carbons (Fsp3) is 0.200. The van der Waals surface area contributed by atoms with Crippen molar-refractivity contribution in [2.24, 2.45) is 5.14 Å². The number of hydrogen-bond donors (Lipinski definition) is 4. The van der Waals surface area contributed by atoms with E-state index in [1.807, 2.05) is 6.07 Å². The van der Waals surface area contributed by atoms with Crippen LogP contribution in [-0.2, 0) is 24.3 Å². The summed E-state index contributed by atoms with van der Waals surface area (Å²) in [5.41, 5.74) is 1.11. The first-order valence-corrected chi connectivity index (χ1v) is 11.0. The summed E-state index contributed by atoms with van der Waals surface area (Å²) in [4.78, 5) is 36.3. The molecule has 3 aromatic rings. The van der Waals surface area contributed by atoms with Gasteiger partial charge in [0.1, 0.15) is 0 Å². The van der Waals surface area contributed by atoms with E-state index < -0.39 is 33.9 Å². The number of ether oxygens (including phenoxy) is 1. The summed E-state index contributed by atoms with van der Waals surface area (Å²) < 4.78 is 27.9. The first-order valence-electron chi connectivity index (χ1n) is 9.49. The van der Waals surface area contributed by atoms with E-state index in [0.717, 1.165) is 0 Å². The maximum atomic E-state index is 12.3. The van der Waals surface area contributed by atoms with Gasteiger partial charge < -0.3 is 15.4 Å². The van der Waals surface area contributed by atoms with Crippen LogP contribution in [0.3, 0.4) is 0 Å². The summed E-state index contributed by atoms with van der Waals surface area (Å²) in [5.74, 6) is -1.80. The van der Waals surface area contributed by atoms with E-state index >= 15 is 0 Å². The number of H-pyrrole nitrogens is 1. The molecule has 1 unspecified atom stereocenters. The second-order valence-electron chi connectivity index (χ2n) is 6.82. The predicted octanol–water partition coefficient (Wildman–Crippen LogP) is 0.901. The van der Waals surface area contributed by atoms with Gasteiger partial charge >= 0.3 is 5.97 Å². The van der Waals surface area contributed by atoms with E-state index in [1.165, 1.54) is 31.2 Å². The van der Waals surface area contributed by atoms with Crippen LogP contribution in [-0.4, -0.2) is 49.0 Å². The summed E-state index contributed by atoms with van der Waals surface area (Å²) in [6, 6.07) is 12.5.